The fourth-order valence-corrected chi connectivity index (χ4v) is 2.71. The van der Waals surface area contributed by atoms with Gasteiger partial charge in [0.25, 0.3) is 0 Å². The topological polar surface area (TPSA) is 32.6 Å². The SMILES string of the molecule is CCCCCCOc1ccc(COCC2CC[N]CC2)cc1. The third-order valence-corrected chi connectivity index (χ3v) is 4.20. The number of nitrogens with zero attached hydrogens (tertiary/aromatic N) is 1. The number of unbranched alkanes of at least 4 members (excludes halogenated alkanes) is 3. The molecule has 1 heterocycles. The van der Waals surface area contributed by atoms with Crippen molar-refractivity contribution >= 4 is 0 Å². The van der Waals surface area contributed by atoms with Gasteiger partial charge in [0, 0.05) is 19.7 Å². The molecule has 0 amide bonds. The minimum atomic E-state index is 0.697. The van der Waals surface area contributed by atoms with E-state index in [0.29, 0.717) is 12.5 Å². The number of piperidine rings is 1. The van der Waals surface area contributed by atoms with Gasteiger partial charge in [0.1, 0.15) is 5.75 Å². The molecule has 1 radical (unpaired) electrons. The first-order chi connectivity index (χ1) is 10.9. The van der Waals surface area contributed by atoms with Crippen LogP contribution < -0.4 is 10.1 Å². The summed E-state index contributed by atoms with van der Waals surface area (Å²) in [4.78, 5) is 0. The lowest BCUT2D eigenvalue weighted by Crippen LogP contribution is -2.25. The van der Waals surface area contributed by atoms with Crippen LogP contribution in [-0.2, 0) is 11.3 Å². The molecule has 1 saturated heterocycles. The molecule has 2 rings (SSSR count). The van der Waals surface area contributed by atoms with Crippen molar-refractivity contribution in [1.82, 2.24) is 5.32 Å². The Morgan fingerprint density at radius 3 is 2.55 bits per heavy atom. The zero-order chi connectivity index (χ0) is 15.5. The molecule has 22 heavy (non-hydrogen) atoms. The molecule has 0 aliphatic carbocycles. The van der Waals surface area contributed by atoms with E-state index in [1.807, 2.05) is 0 Å². The van der Waals surface area contributed by atoms with Crippen LogP contribution in [-0.4, -0.2) is 26.3 Å². The number of hydrogen-bond donors (Lipinski definition) is 0. The number of benzene rings is 1. The zero-order valence-electron chi connectivity index (χ0n) is 13.9. The number of ether oxygens (including phenoxy) is 2. The molecule has 123 valence electrons. The van der Waals surface area contributed by atoms with E-state index in [9.17, 15) is 0 Å². The molecular weight excluding hydrogens is 274 g/mol. The molecule has 0 bridgehead atoms. The molecular formula is C19H30NO2. The first-order valence-electron chi connectivity index (χ1n) is 8.81. The predicted molar refractivity (Wildman–Crippen MR) is 90.3 cm³/mol. The summed E-state index contributed by atoms with van der Waals surface area (Å²) in [6.07, 6.45) is 7.35. The summed E-state index contributed by atoms with van der Waals surface area (Å²) in [5.41, 5.74) is 1.22. The van der Waals surface area contributed by atoms with Gasteiger partial charge in [0.2, 0.25) is 0 Å². The minimum absolute atomic E-state index is 0.697. The summed E-state index contributed by atoms with van der Waals surface area (Å²) < 4.78 is 11.6. The molecule has 0 aromatic heterocycles. The fraction of sp³-hybridized carbons (Fsp3) is 0.684. The van der Waals surface area contributed by atoms with Crippen molar-refractivity contribution in [2.45, 2.75) is 52.1 Å². The quantitative estimate of drug-likeness (QED) is 0.608. The molecule has 3 heteroatoms. The monoisotopic (exact) mass is 304 g/mol. The summed E-state index contributed by atoms with van der Waals surface area (Å²) in [6.45, 7) is 6.64. The van der Waals surface area contributed by atoms with Gasteiger partial charge in [-0.25, -0.2) is 5.32 Å². The van der Waals surface area contributed by atoms with Crippen LogP contribution in [0.4, 0.5) is 0 Å². The molecule has 1 fully saturated rings. The predicted octanol–water partition coefficient (Wildman–Crippen LogP) is 4.18. The van der Waals surface area contributed by atoms with Gasteiger partial charge < -0.3 is 9.47 Å². The van der Waals surface area contributed by atoms with E-state index < -0.39 is 0 Å². The van der Waals surface area contributed by atoms with Gasteiger partial charge in [-0.05, 0) is 42.9 Å². The smallest absolute Gasteiger partial charge is 0.119 e. The lowest BCUT2D eigenvalue weighted by Gasteiger charge is -2.21. The van der Waals surface area contributed by atoms with Crippen molar-refractivity contribution in [3.63, 3.8) is 0 Å². The average molecular weight is 304 g/mol. The van der Waals surface area contributed by atoms with Crippen LogP contribution in [0, 0.1) is 5.92 Å². The highest BCUT2D eigenvalue weighted by Crippen LogP contribution is 2.16. The Kier molecular flexibility index (Phi) is 8.36. The molecule has 0 unspecified atom stereocenters. The maximum absolute atomic E-state index is 5.84. The van der Waals surface area contributed by atoms with Gasteiger partial charge in [-0.3, -0.25) is 0 Å². The van der Waals surface area contributed by atoms with Crippen LogP contribution in [0.5, 0.6) is 5.75 Å². The highest BCUT2D eigenvalue weighted by molar-refractivity contribution is 5.26. The summed E-state index contributed by atoms with van der Waals surface area (Å²) in [6, 6.07) is 8.32. The summed E-state index contributed by atoms with van der Waals surface area (Å²) in [5, 5.41) is 4.37. The number of hydrogen-bond acceptors (Lipinski definition) is 2. The lowest BCUT2D eigenvalue weighted by molar-refractivity contribution is 0.0760. The second-order valence-corrected chi connectivity index (χ2v) is 6.18. The van der Waals surface area contributed by atoms with Crippen molar-refractivity contribution in [1.29, 1.82) is 0 Å². The highest BCUT2D eigenvalue weighted by Gasteiger charge is 2.13. The average Bonchev–Trinajstić information content (AvgIpc) is 2.57. The zero-order valence-corrected chi connectivity index (χ0v) is 13.9. The van der Waals surface area contributed by atoms with Gasteiger partial charge in [0.15, 0.2) is 0 Å². The summed E-state index contributed by atoms with van der Waals surface area (Å²) in [7, 11) is 0. The molecule has 0 N–H and O–H groups in total. The molecule has 0 spiro atoms. The van der Waals surface area contributed by atoms with E-state index in [1.165, 1.54) is 37.7 Å². The van der Waals surface area contributed by atoms with E-state index in [0.717, 1.165) is 38.5 Å². The third kappa shape index (κ3) is 6.80. The maximum atomic E-state index is 5.84. The number of rotatable bonds is 10. The second kappa shape index (κ2) is 10.6. The van der Waals surface area contributed by atoms with Crippen LogP contribution in [0.3, 0.4) is 0 Å². The first-order valence-corrected chi connectivity index (χ1v) is 8.81. The van der Waals surface area contributed by atoms with Gasteiger partial charge >= 0.3 is 0 Å². The second-order valence-electron chi connectivity index (χ2n) is 6.18. The van der Waals surface area contributed by atoms with Crippen molar-refractivity contribution in [3.05, 3.63) is 29.8 Å². The normalized spacial score (nSPS) is 15.9. The van der Waals surface area contributed by atoms with E-state index in [-0.39, 0.29) is 0 Å². The van der Waals surface area contributed by atoms with E-state index in [1.54, 1.807) is 0 Å². The van der Waals surface area contributed by atoms with Crippen molar-refractivity contribution < 1.29 is 9.47 Å². The minimum Gasteiger partial charge on any atom is -0.494 e. The van der Waals surface area contributed by atoms with Crippen molar-refractivity contribution in [3.8, 4) is 5.75 Å². The van der Waals surface area contributed by atoms with Gasteiger partial charge in [-0.2, -0.15) is 0 Å². The Bertz CT molecular complexity index is 385. The lowest BCUT2D eigenvalue weighted by atomic mass is 9.99. The van der Waals surface area contributed by atoms with Crippen LogP contribution >= 0.6 is 0 Å². The summed E-state index contributed by atoms with van der Waals surface area (Å²) in [5.74, 6) is 1.66. The van der Waals surface area contributed by atoms with Gasteiger partial charge in [-0.15, -0.1) is 0 Å². The van der Waals surface area contributed by atoms with Gasteiger partial charge in [0.05, 0.1) is 13.2 Å². The largest absolute Gasteiger partial charge is 0.494 e. The van der Waals surface area contributed by atoms with E-state index in [2.05, 4.69) is 36.5 Å². The standard InChI is InChI=1S/C19H30NO2/c1-2-3-4-5-14-22-19-8-6-17(7-9-19)15-21-16-18-10-12-20-13-11-18/h6-9,18H,2-5,10-16H2,1H3. The molecule has 0 saturated carbocycles. The first kappa shape index (κ1) is 17.3. The van der Waals surface area contributed by atoms with Crippen LogP contribution in [0.25, 0.3) is 0 Å². The molecule has 1 aromatic rings. The Morgan fingerprint density at radius 1 is 1.05 bits per heavy atom. The van der Waals surface area contributed by atoms with Crippen molar-refractivity contribution in [2.75, 3.05) is 26.3 Å². The maximum Gasteiger partial charge on any atom is 0.119 e. The molecule has 1 aromatic carbocycles. The van der Waals surface area contributed by atoms with Crippen molar-refractivity contribution in [2.24, 2.45) is 5.92 Å². The highest BCUT2D eigenvalue weighted by atomic mass is 16.5. The fourth-order valence-electron chi connectivity index (χ4n) is 2.71. The van der Waals surface area contributed by atoms with Gasteiger partial charge in [-0.1, -0.05) is 38.3 Å². The summed E-state index contributed by atoms with van der Waals surface area (Å²) >= 11 is 0. The Morgan fingerprint density at radius 2 is 1.82 bits per heavy atom. The molecule has 3 nitrogen and oxygen atoms in total. The third-order valence-electron chi connectivity index (χ3n) is 4.20. The molecule has 1 aliphatic rings. The van der Waals surface area contributed by atoms with Crippen LogP contribution in [0.1, 0.15) is 51.0 Å². The van der Waals surface area contributed by atoms with E-state index in [4.69, 9.17) is 9.47 Å². The van der Waals surface area contributed by atoms with E-state index >= 15 is 0 Å². The Labute approximate surface area is 135 Å². The molecule has 0 atom stereocenters. The Balaban J connectivity index is 1.59. The van der Waals surface area contributed by atoms with Crippen LogP contribution in [0.2, 0.25) is 0 Å². The Hall–Kier alpha value is -1.06. The van der Waals surface area contributed by atoms with Crippen LogP contribution in [0.15, 0.2) is 24.3 Å². The molecule has 1 aliphatic heterocycles.